The highest BCUT2D eigenvalue weighted by atomic mass is 16.5. The average Bonchev–Trinajstić information content (AvgIpc) is 2.29. The zero-order chi connectivity index (χ0) is 12.8. The molecule has 0 saturated carbocycles. The van der Waals surface area contributed by atoms with Gasteiger partial charge in [0, 0.05) is 5.69 Å². The molecule has 1 atom stereocenters. The Hall–Kier alpha value is -2.04. The summed E-state index contributed by atoms with van der Waals surface area (Å²) in [6.07, 6.45) is 0.0954. The van der Waals surface area contributed by atoms with Crippen LogP contribution >= 0.6 is 0 Å². The van der Waals surface area contributed by atoms with Crippen molar-refractivity contribution in [2.75, 3.05) is 12.3 Å². The number of benzene rings is 1. The van der Waals surface area contributed by atoms with E-state index in [4.69, 9.17) is 16.2 Å². The fourth-order valence-electron chi connectivity index (χ4n) is 1.20. The average molecular weight is 236 g/mol. The Morgan fingerprint density at radius 2 is 2.00 bits per heavy atom. The maximum absolute atomic E-state index is 11.5. The van der Waals surface area contributed by atoms with Crippen LogP contribution in [0.1, 0.15) is 12.5 Å². The summed E-state index contributed by atoms with van der Waals surface area (Å²) >= 11 is 0. The predicted octanol–water partition coefficient (Wildman–Crippen LogP) is 0.476. The van der Waals surface area contributed by atoms with Crippen LogP contribution in [0.4, 0.5) is 5.69 Å². The lowest BCUT2D eigenvalue weighted by molar-refractivity contribution is -0.145. The van der Waals surface area contributed by atoms with Crippen molar-refractivity contribution in [1.82, 2.24) is 0 Å². The van der Waals surface area contributed by atoms with Crippen molar-refractivity contribution in [3.63, 3.8) is 0 Å². The van der Waals surface area contributed by atoms with Gasteiger partial charge in [0.05, 0.1) is 12.3 Å². The molecule has 0 aliphatic heterocycles. The third-order valence-electron chi connectivity index (χ3n) is 2.37. The van der Waals surface area contributed by atoms with Crippen LogP contribution < -0.4 is 11.5 Å². The van der Waals surface area contributed by atoms with Gasteiger partial charge < -0.3 is 16.2 Å². The van der Waals surface area contributed by atoms with Gasteiger partial charge in [-0.2, -0.15) is 0 Å². The third-order valence-corrected chi connectivity index (χ3v) is 2.37. The van der Waals surface area contributed by atoms with E-state index in [9.17, 15) is 9.59 Å². The molecule has 0 heterocycles. The molecule has 17 heavy (non-hydrogen) atoms. The maximum atomic E-state index is 11.5. The molecule has 0 aliphatic rings. The second kappa shape index (κ2) is 5.89. The fraction of sp³-hybridized carbons (Fsp3) is 0.333. The molecule has 0 fully saturated rings. The Balaban J connectivity index is 2.46. The highest BCUT2D eigenvalue weighted by molar-refractivity contribution is 5.78. The van der Waals surface area contributed by atoms with E-state index in [1.165, 1.54) is 0 Å². The van der Waals surface area contributed by atoms with Crippen molar-refractivity contribution in [2.24, 2.45) is 11.7 Å². The minimum atomic E-state index is -0.489. The molecule has 5 heteroatoms. The number of nitrogens with two attached hydrogens (primary N) is 2. The lowest BCUT2D eigenvalue weighted by Crippen LogP contribution is -2.26. The first-order valence-corrected chi connectivity index (χ1v) is 5.29. The van der Waals surface area contributed by atoms with Crippen molar-refractivity contribution >= 4 is 17.6 Å². The Bertz CT molecular complexity index is 418. The van der Waals surface area contributed by atoms with Gasteiger partial charge in [0.2, 0.25) is 5.91 Å². The Morgan fingerprint density at radius 3 is 2.59 bits per heavy atom. The van der Waals surface area contributed by atoms with Gasteiger partial charge in [0.25, 0.3) is 0 Å². The molecule has 0 spiro atoms. The molecule has 0 saturated heterocycles. The van der Waals surface area contributed by atoms with Crippen LogP contribution in [0.25, 0.3) is 0 Å². The van der Waals surface area contributed by atoms with Crippen LogP contribution in [-0.4, -0.2) is 18.5 Å². The van der Waals surface area contributed by atoms with Crippen LogP contribution in [0.2, 0.25) is 0 Å². The molecule has 0 aromatic heterocycles. The number of carbonyl (C=O) groups is 2. The van der Waals surface area contributed by atoms with E-state index >= 15 is 0 Å². The number of para-hydroxylation sites is 1. The first-order chi connectivity index (χ1) is 8.00. The number of ether oxygens (including phenoxy) is 1. The molecule has 1 aromatic rings. The van der Waals surface area contributed by atoms with Crippen LogP contribution in [0, 0.1) is 5.92 Å². The van der Waals surface area contributed by atoms with Crippen molar-refractivity contribution < 1.29 is 14.3 Å². The minimum Gasteiger partial charge on any atom is -0.465 e. The Morgan fingerprint density at radius 1 is 1.35 bits per heavy atom. The normalized spacial score (nSPS) is 11.8. The predicted molar refractivity (Wildman–Crippen MR) is 63.9 cm³/mol. The molecule has 92 valence electrons. The van der Waals surface area contributed by atoms with E-state index in [-0.39, 0.29) is 13.0 Å². The van der Waals surface area contributed by atoms with E-state index in [0.717, 1.165) is 0 Å². The summed E-state index contributed by atoms with van der Waals surface area (Å²) in [5.41, 5.74) is 12.0. The summed E-state index contributed by atoms with van der Waals surface area (Å²) in [7, 11) is 0. The van der Waals surface area contributed by atoms with E-state index in [0.29, 0.717) is 11.3 Å². The van der Waals surface area contributed by atoms with Gasteiger partial charge in [-0.15, -0.1) is 0 Å². The zero-order valence-electron chi connectivity index (χ0n) is 9.68. The number of esters is 1. The fourth-order valence-corrected chi connectivity index (χ4v) is 1.20. The van der Waals surface area contributed by atoms with Crippen molar-refractivity contribution in [2.45, 2.75) is 13.3 Å². The molecule has 4 N–H and O–H groups in total. The molecule has 0 bridgehead atoms. The van der Waals surface area contributed by atoms with Crippen LogP contribution in [-0.2, 0) is 20.7 Å². The molecular formula is C12H16N2O3. The number of anilines is 1. The molecular weight excluding hydrogens is 220 g/mol. The van der Waals surface area contributed by atoms with Crippen molar-refractivity contribution in [1.29, 1.82) is 0 Å². The molecule has 1 rings (SSSR count). The largest absolute Gasteiger partial charge is 0.465 e. The van der Waals surface area contributed by atoms with Gasteiger partial charge in [-0.25, -0.2) is 0 Å². The minimum absolute atomic E-state index is 0.000898. The molecule has 1 amide bonds. The maximum Gasteiger partial charge on any atom is 0.310 e. The van der Waals surface area contributed by atoms with Crippen molar-refractivity contribution in [3.05, 3.63) is 29.8 Å². The smallest absolute Gasteiger partial charge is 0.310 e. The lowest BCUT2D eigenvalue weighted by atomic mass is 10.1. The van der Waals surface area contributed by atoms with Gasteiger partial charge in [0.15, 0.2) is 0 Å². The lowest BCUT2D eigenvalue weighted by Gasteiger charge is -2.09. The molecule has 1 unspecified atom stereocenters. The number of amides is 1. The van der Waals surface area contributed by atoms with Crippen molar-refractivity contribution in [3.8, 4) is 0 Å². The van der Waals surface area contributed by atoms with Gasteiger partial charge >= 0.3 is 5.97 Å². The zero-order valence-corrected chi connectivity index (χ0v) is 9.68. The molecule has 0 aliphatic carbocycles. The summed E-state index contributed by atoms with van der Waals surface area (Å²) in [6, 6.07) is 7.06. The second-order valence-electron chi connectivity index (χ2n) is 3.86. The van der Waals surface area contributed by atoms with E-state index < -0.39 is 17.8 Å². The van der Waals surface area contributed by atoms with Gasteiger partial charge in [-0.3, -0.25) is 9.59 Å². The SMILES string of the molecule is CC(COC(=O)Cc1ccccc1N)C(N)=O. The van der Waals surface area contributed by atoms with E-state index in [1.807, 2.05) is 0 Å². The highest BCUT2D eigenvalue weighted by Gasteiger charge is 2.13. The third kappa shape index (κ3) is 4.14. The van der Waals surface area contributed by atoms with Crippen LogP contribution in [0.5, 0.6) is 0 Å². The molecule has 1 aromatic carbocycles. The Kier molecular flexibility index (Phi) is 4.51. The second-order valence-corrected chi connectivity index (χ2v) is 3.86. The first kappa shape index (κ1) is 13.0. The Labute approximate surface area is 99.7 Å². The van der Waals surface area contributed by atoms with Gasteiger partial charge in [-0.1, -0.05) is 25.1 Å². The monoisotopic (exact) mass is 236 g/mol. The van der Waals surface area contributed by atoms with E-state index in [1.54, 1.807) is 31.2 Å². The summed E-state index contributed by atoms with van der Waals surface area (Å²) in [6.45, 7) is 1.60. The first-order valence-electron chi connectivity index (χ1n) is 5.29. The molecule has 0 radical (unpaired) electrons. The highest BCUT2D eigenvalue weighted by Crippen LogP contribution is 2.11. The van der Waals surface area contributed by atoms with Gasteiger partial charge in [-0.05, 0) is 11.6 Å². The number of carbonyl (C=O) groups excluding carboxylic acids is 2. The van der Waals surface area contributed by atoms with Crippen LogP contribution in [0.3, 0.4) is 0 Å². The van der Waals surface area contributed by atoms with E-state index in [2.05, 4.69) is 0 Å². The number of hydrogen-bond donors (Lipinski definition) is 2. The van der Waals surface area contributed by atoms with Gasteiger partial charge in [0.1, 0.15) is 6.61 Å². The number of rotatable bonds is 5. The summed E-state index contributed by atoms with van der Waals surface area (Å²) in [4.78, 5) is 22.2. The number of nitrogen functional groups attached to an aromatic ring is 1. The number of primary amides is 1. The van der Waals surface area contributed by atoms with Crippen LogP contribution in [0.15, 0.2) is 24.3 Å². The topological polar surface area (TPSA) is 95.4 Å². The number of hydrogen-bond acceptors (Lipinski definition) is 4. The molecule has 5 nitrogen and oxygen atoms in total. The quantitative estimate of drug-likeness (QED) is 0.574. The summed E-state index contributed by atoms with van der Waals surface area (Å²) in [5.74, 6) is -1.39. The summed E-state index contributed by atoms with van der Waals surface area (Å²) < 4.78 is 4.93. The summed E-state index contributed by atoms with van der Waals surface area (Å²) in [5, 5.41) is 0. The standard InChI is InChI=1S/C12H16N2O3/c1-8(12(14)16)7-17-11(15)6-9-4-2-3-5-10(9)13/h2-5,8H,6-7,13H2,1H3,(H2,14,16).